The SMILES string of the molecule is CNc1nc(=O)n([C@H]2C[C@H](O[Si](C)(C)C(C)(C)C)[C@@H](CO)O2)cc1C. The molecule has 3 atom stereocenters. The fourth-order valence-electron chi connectivity index (χ4n) is 2.74. The topological polar surface area (TPSA) is 85.6 Å². The summed E-state index contributed by atoms with van der Waals surface area (Å²) in [6.07, 6.45) is 1.13. The van der Waals surface area contributed by atoms with Gasteiger partial charge in [-0.15, -0.1) is 0 Å². The number of nitrogens with zero attached hydrogens (tertiary/aromatic N) is 2. The molecule has 1 aliphatic rings. The van der Waals surface area contributed by atoms with E-state index < -0.39 is 20.6 Å². The van der Waals surface area contributed by atoms with Crippen molar-refractivity contribution in [2.24, 2.45) is 0 Å². The lowest BCUT2D eigenvalue weighted by Gasteiger charge is -2.39. The third-order valence-electron chi connectivity index (χ3n) is 5.29. The van der Waals surface area contributed by atoms with Crippen molar-refractivity contribution in [2.45, 2.75) is 70.7 Å². The highest BCUT2D eigenvalue weighted by Gasteiger charge is 2.45. The second-order valence-electron chi connectivity index (χ2n) is 8.18. The molecule has 1 aromatic heterocycles. The average molecular weight is 370 g/mol. The van der Waals surface area contributed by atoms with Crippen LogP contribution in [-0.4, -0.2) is 48.8 Å². The number of aromatic nitrogens is 2. The Hall–Kier alpha value is -1.22. The summed E-state index contributed by atoms with van der Waals surface area (Å²) in [6, 6.07) is 0. The van der Waals surface area contributed by atoms with Crippen molar-refractivity contribution < 1.29 is 14.3 Å². The zero-order chi connectivity index (χ0) is 19.0. The molecule has 2 heterocycles. The molecule has 25 heavy (non-hydrogen) atoms. The quantitative estimate of drug-likeness (QED) is 0.775. The first-order valence-corrected chi connectivity index (χ1v) is 11.6. The van der Waals surface area contributed by atoms with E-state index in [9.17, 15) is 9.90 Å². The van der Waals surface area contributed by atoms with Crippen LogP contribution in [0.1, 0.15) is 39.0 Å². The molecular formula is C17H31N3O4Si. The second kappa shape index (κ2) is 7.18. The normalized spacial score (nSPS) is 24.6. The Morgan fingerprint density at radius 3 is 2.64 bits per heavy atom. The van der Waals surface area contributed by atoms with Gasteiger partial charge in [-0.3, -0.25) is 4.57 Å². The zero-order valence-corrected chi connectivity index (χ0v) is 17.3. The molecule has 1 fully saturated rings. The number of nitrogens with one attached hydrogen (secondary N) is 1. The molecule has 7 nitrogen and oxygen atoms in total. The number of aliphatic hydroxyl groups excluding tert-OH is 1. The maximum Gasteiger partial charge on any atom is 0.351 e. The van der Waals surface area contributed by atoms with Crippen LogP contribution in [0.15, 0.2) is 11.0 Å². The summed E-state index contributed by atoms with van der Waals surface area (Å²) in [7, 11) is -0.270. The van der Waals surface area contributed by atoms with Crippen LogP contribution in [0.2, 0.25) is 18.1 Å². The van der Waals surface area contributed by atoms with Crippen LogP contribution >= 0.6 is 0 Å². The Bertz CT molecular complexity index is 669. The Morgan fingerprint density at radius 1 is 1.48 bits per heavy atom. The lowest BCUT2D eigenvalue weighted by atomic mass is 10.2. The number of hydrogen-bond donors (Lipinski definition) is 2. The Morgan fingerprint density at radius 2 is 2.12 bits per heavy atom. The van der Waals surface area contributed by atoms with Gasteiger partial charge in [0.2, 0.25) is 0 Å². The molecule has 0 unspecified atom stereocenters. The molecule has 1 aromatic rings. The smallest absolute Gasteiger partial charge is 0.351 e. The summed E-state index contributed by atoms with van der Waals surface area (Å²) in [5.41, 5.74) is 0.490. The molecular weight excluding hydrogens is 338 g/mol. The zero-order valence-electron chi connectivity index (χ0n) is 16.3. The van der Waals surface area contributed by atoms with Crippen LogP contribution in [0.3, 0.4) is 0 Å². The van der Waals surface area contributed by atoms with Crippen molar-refractivity contribution in [3.63, 3.8) is 0 Å². The predicted octanol–water partition coefficient (Wildman–Crippen LogP) is 2.26. The number of hydrogen-bond acceptors (Lipinski definition) is 6. The highest BCUT2D eigenvalue weighted by atomic mass is 28.4. The average Bonchev–Trinajstić information content (AvgIpc) is 2.90. The first-order valence-electron chi connectivity index (χ1n) is 8.72. The maximum atomic E-state index is 12.3. The van der Waals surface area contributed by atoms with Crippen molar-refractivity contribution in [3.05, 3.63) is 22.2 Å². The van der Waals surface area contributed by atoms with Gasteiger partial charge in [0, 0.05) is 25.2 Å². The van der Waals surface area contributed by atoms with Crippen molar-refractivity contribution in [3.8, 4) is 0 Å². The highest BCUT2D eigenvalue weighted by Crippen LogP contribution is 2.40. The van der Waals surface area contributed by atoms with Crippen LogP contribution in [0.4, 0.5) is 5.82 Å². The molecule has 1 aliphatic heterocycles. The van der Waals surface area contributed by atoms with E-state index in [1.165, 1.54) is 4.57 Å². The molecule has 0 saturated carbocycles. The van der Waals surface area contributed by atoms with E-state index in [0.717, 1.165) is 5.56 Å². The number of anilines is 1. The van der Waals surface area contributed by atoms with Crippen LogP contribution < -0.4 is 11.0 Å². The minimum absolute atomic E-state index is 0.0640. The van der Waals surface area contributed by atoms with Crippen molar-refractivity contribution in [1.29, 1.82) is 0 Å². The summed E-state index contributed by atoms with van der Waals surface area (Å²) in [6.45, 7) is 12.6. The summed E-state index contributed by atoms with van der Waals surface area (Å²) < 4.78 is 13.9. The van der Waals surface area contributed by atoms with E-state index in [1.807, 2.05) is 6.92 Å². The lowest BCUT2D eigenvalue weighted by Crippen LogP contribution is -2.46. The van der Waals surface area contributed by atoms with E-state index in [2.05, 4.69) is 44.2 Å². The fourth-order valence-corrected chi connectivity index (χ4v) is 4.10. The van der Waals surface area contributed by atoms with Gasteiger partial charge >= 0.3 is 5.69 Å². The van der Waals surface area contributed by atoms with Gasteiger partial charge in [0.05, 0.1) is 12.7 Å². The molecule has 0 bridgehead atoms. The lowest BCUT2D eigenvalue weighted by molar-refractivity contribution is -0.0438. The molecule has 0 aromatic carbocycles. The molecule has 0 spiro atoms. The molecule has 1 saturated heterocycles. The van der Waals surface area contributed by atoms with Crippen molar-refractivity contribution in [1.82, 2.24) is 9.55 Å². The van der Waals surface area contributed by atoms with E-state index in [4.69, 9.17) is 9.16 Å². The van der Waals surface area contributed by atoms with Gasteiger partial charge in [-0.25, -0.2) is 4.79 Å². The number of aryl methyl sites for hydroxylation is 1. The van der Waals surface area contributed by atoms with Gasteiger partial charge in [0.15, 0.2) is 8.32 Å². The van der Waals surface area contributed by atoms with Crippen molar-refractivity contribution >= 4 is 14.1 Å². The maximum absolute atomic E-state index is 12.3. The predicted molar refractivity (Wildman–Crippen MR) is 100 cm³/mol. The standard InChI is InChI=1S/C17H31N3O4Si/c1-11-9-20(16(22)19-15(11)18-5)14-8-12(13(10-21)23-14)24-25(6,7)17(2,3)4/h9,12-14,21H,8,10H2,1-7H3,(H,18,19,22)/t12-,13+,14+/m0/s1. The van der Waals surface area contributed by atoms with Crippen LogP contribution in [0.25, 0.3) is 0 Å². The van der Waals surface area contributed by atoms with Gasteiger partial charge < -0.3 is 19.6 Å². The van der Waals surface area contributed by atoms with Gasteiger partial charge in [-0.2, -0.15) is 4.98 Å². The van der Waals surface area contributed by atoms with Gasteiger partial charge in [-0.05, 0) is 25.1 Å². The Balaban J connectivity index is 2.25. The molecule has 2 rings (SSSR count). The molecule has 0 amide bonds. The highest BCUT2D eigenvalue weighted by molar-refractivity contribution is 6.74. The number of aliphatic hydroxyl groups is 1. The Labute approximate surface area is 150 Å². The first kappa shape index (κ1) is 20.1. The Kier molecular flexibility index (Phi) is 5.77. The third-order valence-corrected chi connectivity index (χ3v) is 9.80. The summed E-state index contributed by atoms with van der Waals surface area (Å²) in [5.74, 6) is 0.562. The van der Waals surface area contributed by atoms with Gasteiger partial charge in [-0.1, -0.05) is 20.8 Å². The van der Waals surface area contributed by atoms with E-state index in [0.29, 0.717) is 12.2 Å². The first-order chi connectivity index (χ1) is 11.5. The minimum atomic E-state index is -2.00. The van der Waals surface area contributed by atoms with Crippen molar-refractivity contribution in [2.75, 3.05) is 19.0 Å². The second-order valence-corrected chi connectivity index (χ2v) is 12.9. The van der Waals surface area contributed by atoms with E-state index >= 15 is 0 Å². The molecule has 8 heteroatoms. The summed E-state index contributed by atoms with van der Waals surface area (Å²) in [4.78, 5) is 16.4. The largest absolute Gasteiger partial charge is 0.411 e. The number of ether oxygens (including phenoxy) is 1. The molecule has 142 valence electrons. The van der Waals surface area contributed by atoms with Crippen LogP contribution in [0, 0.1) is 6.92 Å². The van der Waals surface area contributed by atoms with E-state index in [-0.39, 0.29) is 23.4 Å². The van der Waals surface area contributed by atoms with E-state index in [1.54, 1.807) is 13.2 Å². The third kappa shape index (κ3) is 4.13. The summed E-state index contributed by atoms with van der Waals surface area (Å²) in [5, 5.41) is 12.7. The molecule has 0 aliphatic carbocycles. The fraction of sp³-hybridized carbons (Fsp3) is 0.765. The molecule has 2 N–H and O–H groups in total. The van der Waals surface area contributed by atoms with Crippen LogP contribution in [0.5, 0.6) is 0 Å². The number of rotatable bonds is 5. The van der Waals surface area contributed by atoms with Crippen LogP contribution in [-0.2, 0) is 9.16 Å². The monoisotopic (exact) mass is 369 g/mol. The summed E-state index contributed by atoms with van der Waals surface area (Å²) >= 11 is 0. The van der Waals surface area contributed by atoms with Gasteiger partial charge in [0.25, 0.3) is 0 Å². The minimum Gasteiger partial charge on any atom is -0.411 e. The molecule has 0 radical (unpaired) electrons. The van der Waals surface area contributed by atoms with Gasteiger partial charge in [0.1, 0.15) is 18.1 Å².